The van der Waals surface area contributed by atoms with Gasteiger partial charge in [-0.25, -0.2) is 0 Å². The Morgan fingerprint density at radius 2 is 2.10 bits per heavy atom. The number of ether oxygens (including phenoxy) is 3. The topological polar surface area (TPSA) is 55.3 Å². The van der Waals surface area contributed by atoms with Crippen molar-refractivity contribution < 1.29 is 27.4 Å². The highest BCUT2D eigenvalue weighted by Gasteiger charge is 2.32. The maximum absolute atomic E-state index is 13.0. The van der Waals surface area contributed by atoms with Crippen molar-refractivity contribution in [1.82, 2.24) is 10.2 Å². The number of rotatable bonds is 10. The summed E-state index contributed by atoms with van der Waals surface area (Å²) in [6.07, 6.45) is -3.00. The van der Waals surface area contributed by atoms with E-state index in [-0.39, 0.29) is 0 Å². The first-order chi connectivity index (χ1) is 14.5. The highest BCUT2D eigenvalue weighted by molar-refractivity contribution is 5.80. The minimum atomic E-state index is -4.37. The average molecular weight is 431 g/mol. The van der Waals surface area contributed by atoms with Crippen LogP contribution in [0.25, 0.3) is 0 Å². The van der Waals surface area contributed by atoms with Gasteiger partial charge in [0.2, 0.25) is 0 Å². The minimum absolute atomic E-state index is 0.429. The zero-order valence-corrected chi connectivity index (χ0v) is 17.7. The molecule has 1 atom stereocenters. The molecule has 0 saturated carbocycles. The van der Waals surface area contributed by atoms with E-state index in [1.807, 2.05) is 11.8 Å². The van der Waals surface area contributed by atoms with Crippen LogP contribution in [-0.2, 0) is 20.4 Å². The Balaban J connectivity index is 1.92. The largest absolute Gasteiger partial charge is 0.416 e. The van der Waals surface area contributed by atoms with Crippen LogP contribution in [0.4, 0.5) is 13.2 Å². The van der Waals surface area contributed by atoms with Gasteiger partial charge in [-0.15, -0.1) is 0 Å². The molecule has 1 saturated heterocycles. The SMILES string of the molecule is CCNC(=NCCCCOCCOC)N1CCOC(c2cccc(C(F)(F)F)c2)C1. The molecule has 9 heteroatoms. The van der Waals surface area contributed by atoms with Crippen LogP contribution in [0, 0.1) is 0 Å². The molecule has 6 nitrogen and oxygen atoms in total. The second-order valence-corrected chi connectivity index (χ2v) is 6.98. The monoisotopic (exact) mass is 431 g/mol. The van der Waals surface area contributed by atoms with Crippen LogP contribution in [0.3, 0.4) is 0 Å². The molecule has 0 aliphatic carbocycles. The van der Waals surface area contributed by atoms with Gasteiger partial charge in [0.25, 0.3) is 0 Å². The fraction of sp³-hybridized carbons (Fsp3) is 0.667. The summed E-state index contributed by atoms with van der Waals surface area (Å²) in [6, 6.07) is 5.35. The molecule has 0 bridgehead atoms. The lowest BCUT2D eigenvalue weighted by atomic mass is 10.0. The van der Waals surface area contributed by atoms with Crippen LogP contribution < -0.4 is 5.32 Å². The van der Waals surface area contributed by atoms with Gasteiger partial charge >= 0.3 is 6.18 Å². The third-order valence-corrected chi connectivity index (χ3v) is 4.68. The molecule has 2 rings (SSSR count). The highest BCUT2D eigenvalue weighted by atomic mass is 19.4. The summed E-state index contributed by atoms with van der Waals surface area (Å²) in [7, 11) is 1.64. The second-order valence-electron chi connectivity index (χ2n) is 6.98. The van der Waals surface area contributed by atoms with Crippen molar-refractivity contribution in [1.29, 1.82) is 0 Å². The number of guanidine groups is 1. The third-order valence-electron chi connectivity index (χ3n) is 4.68. The van der Waals surface area contributed by atoms with Crippen molar-refractivity contribution in [2.24, 2.45) is 4.99 Å². The van der Waals surface area contributed by atoms with Crippen molar-refractivity contribution in [2.45, 2.75) is 32.0 Å². The normalized spacial score (nSPS) is 18.0. The number of aliphatic imine (C=N–C) groups is 1. The standard InChI is InChI=1S/C21H32F3N3O3/c1-3-25-20(26-9-4-5-11-29-14-13-28-2)27-10-12-30-19(16-27)17-7-6-8-18(15-17)21(22,23)24/h6-8,15,19H,3-5,9-14,16H2,1-2H3,(H,25,26). The molecule has 0 radical (unpaired) electrons. The van der Waals surface area contributed by atoms with E-state index in [0.717, 1.165) is 24.9 Å². The summed E-state index contributed by atoms with van der Waals surface area (Å²) >= 11 is 0. The number of alkyl halides is 3. The Morgan fingerprint density at radius 1 is 1.27 bits per heavy atom. The second kappa shape index (κ2) is 12.8. The van der Waals surface area contributed by atoms with Gasteiger partial charge in [-0.1, -0.05) is 12.1 Å². The molecule has 1 heterocycles. The Kier molecular flexibility index (Phi) is 10.4. The van der Waals surface area contributed by atoms with Gasteiger partial charge in [0.05, 0.1) is 31.9 Å². The number of nitrogens with one attached hydrogen (secondary N) is 1. The van der Waals surface area contributed by atoms with Gasteiger partial charge in [-0.05, 0) is 37.5 Å². The highest BCUT2D eigenvalue weighted by Crippen LogP contribution is 2.32. The maximum atomic E-state index is 13.0. The van der Waals surface area contributed by atoms with E-state index < -0.39 is 17.8 Å². The molecule has 1 aromatic carbocycles. The summed E-state index contributed by atoms with van der Waals surface area (Å²) in [5.74, 6) is 0.762. The third kappa shape index (κ3) is 8.12. The van der Waals surface area contributed by atoms with Gasteiger partial charge in [-0.3, -0.25) is 4.99 Å². The van der Waals surface area contributed by atoms with Crippen LogP contribution >= 0.6 is 0 Å². The zero-order valence-electron chi connectivity index (χ0n) is 17.7. The fourth-order valence-electron chi connectivity index (χ4n) is 3.13. The van der Waals surface area contributed by atoms with Crippen LogP contribution in [0.1, 0.15) is 37.0 Å². The zero-order chi connectivity index (χ0) is 21.8. The first-order valence-electron chi connectivity index (χ1n) is 10.3. The Labute approximate surface area is 176 Å². The van der Waals surface area contributed by atoms with Crippen molar-refractivity contribution in [3.05, 3.63) is 35.4 Å². The summed E-state index contributed by atoms with van der Waals surface area (Å²) < 4.78 is 55.2. The Morgan fingerprint density at radius 3 is 2.83 bits per heavy atom. The molecule has 1 aromatic rings. The number of hydrogen-bond acceptors (Lipinski definition) is 4. The molecular formula is C21H32F3N3O3. The molecule has 1 unspecified atom stereocenters. The molecule has 1 aliphatic rings. The molecule has 170 valence electrons. The lowest BCUT2D eigenvalue weighted by Gasteiger charge is -2.35. The van der Waals surface area contributed by atoms with Crippen molar-refractivity contribution in [2.75, 3.05) is 59.7 Å². The quantitative estimate of drug-likeness (QED) is 0.349. The number of nitrogens with zero attached hydrogens (tertiary/aromatic N) is 2. The summed E-state index contributed by atoms with van der Waals surface area (Å²) in [6.45, 7) is 6.73. The van der Waals surface area contributed by atoms with Crippen molar-refractivity contribution in [3.63, 3.8) is 0 Å². The average Bonchev–Trinajstić information content (AvgIpc) is 2.74. The van der Waals surface area contributed by atoms with E-state index in [1.165, 1.54) is 12.1 Å². The number of halogens is 3. The summed E-state index contributed by atoms with van der Waals surface area (Å²) in [4.78, 5) is 6.72. The number of methoxy groups -OCH3 is 1. The van der Waals surface area contributed by atoms with E-state index in [1.54, 1.807) is 13.2 Å². The van der Waals surface area contributed by atoms with E-state index in [0.29, 0.717) is 58.2 Å². The van der Waals surface area contributed by atoms with Crippen LogP contribution in [0.2, 0.25) is 0 Å². The molecule has 30 heavy (non-hydrogen) atoms. The van der Waals surface area contributed by atoms with Gasteiger partial charge in [0, 0.05) is 33.4 Å². The number of morpholine rings is 1. The van der Waals surface area contributed by atoms with E-state index in [2.05, 4.69) is 10.3 Å². The molecule has 1 aliphatic heterocycles. The van der Waals surface area contributed by atoms with E-state index >= 15 is 0 Å². The number of unbranched alkanes of at least 4 members (excludes halogenated alkanes) is 1. The predicted octanol–water partition coefficient (Wildman–Crippen LogP) is 3.49. The fourth-order valence-corrected chi connectivity index (χ4v) is 3.13. The van der Waals surface area contributed by atoms with Gasteiger partial charge < -0.3 is 24.4 Å². The summed E-state index contributed by atoms with van der Waals surface area (Å²) in [5, 5.41) is 3.27. The van der Waals surface area contributed by atoms with Crippen LogP contribution in [-0.4, -0.2) is 70.6 Å². The molecular weight excluding hydrogens is 399 g/mol. The molecule has 0 amide bonds. The molecule has 0 aromatic heterocycles. The number of hydrogen-bond donors (Lipinski definition) is 1. The first kappa shape index (κ1) is 24.4. The lowest BCUT2D eigenvalue weighted by molar-refractivity contribution is -0.137. The smallest absolute Gasteiger partial charge is 0.382 e. The summed E-state index contributed by atoms with van der Waals surface area (Å²) in [5.41, 5.74) is -0.132. The Hall–Kier alpha value is -1.84. The minimum Gasteiger partial charge on any atom is -0.382 e. The van der Waals surface area contributed by atoms with Gasteiger partial charge in [0.15, 0.2) is 5.96 Å². The molecule has 1 N–H and O–H groups in total. The molecule has 1 fully saturated rings. The van der Waals surface area contributed by atoms with Crippen molar-refractivity contribution in [3.8, 4) is 0 Å². The lowest BCUT2D eigenvalue weighted by Crippen LogP contribution is -2.48. The first-order valence-corrected chi connectivity index (χ1v) is 10.3. The Bertz CT molecular complexity index is 656. The van der Waals surface area contributed by atoms with E-state index in [9.17, 15) is 13.2 Å². The maximum Gasteiger partial charge on any atom is 0.416 e. The number of benzene rings is 1. The van der Waals surface area contributed by atoms with Gasteiger partial charge in [-0.2, -0.15) is 13.2 Å². The van der Waals surface area contributed by atoms with E-state index in [4.69, 9.17) is 14.2 Å². The van der Waals surface area contributed by atoms with Crippen LogP contribution in [0.15, 0.2) is 29.3 Å². The predicted molar refractivity (Wildman–Crippen MR) is 110 cm³/mol. The van der Waals surface area contributed by atoms with Crippen molar-refractivity contribution >= 4 is 5.96 Å². The van der Waals surface area contributed by atoms with Gasteiger partial charge in [0.1, 0.15) is 6.10 Å². The molecule has 0 spiro atoms. The van der Waals surface area contributed by atoms with Crippen LogP contribution in [0.5, 0.6) is 0 Å².